The molecule has 0 aliphatic heterocycles. The van der Waals surface area contributed by atoms with Crippen molar-refractivity contribution >= 4 is 11.6 Å². The molecule has 0 aromatic heterocycles. The van der Waals surface area contributed by atoms with Gasteiger partial charge in [0.05, 0.1) is 18.3 Å². The van der Waals surface area contributed by atoms with E-state index in [0.717, 1.165) is 11.3 Å². The molecular formula is C14H22N2O2. The van der Waals surface area contributed by atoms with Crippen molar-refractivity contribution in [1.82, 2.24) is 5.32 Å². The Morgan fingerprint density at radius 1 is 1.39 bits per heavy atom. The Bertz CT molecular complexity index is 441. The Hall–Kier alpha value is -1.55. The summed E-state index contributed by atoms with van der Waals surface area (Å²) in [6.07, 6.45) is 0. The molecule has 0 bridgehead atoms. The minimum atomic E-state index is -0.608. The number of methoxy groups -OCH3 is 1. The summed E-state index contributed by atoms with van der Waals surface area (Å²) in [5, 5.41) is 3.01. The average Bonchev–Trinajstić information content (AvgIpc) is 2.36. The molecule has 0 saturated heterocycles. The highest BCUT2D eigenvalue weighted by Gasteiger charge is 2.30. The highest BCUT2D eigenvalue weighted by atomic mass is 16.5. The summed E-state index contributed by atoms with van der Waals surface area (Å²) in [5.74, 6) is 0.692. The molecule has 0 aliphatic carbocycles. The van der Waals surface area contributed by atoms with Crippen molar-refractivity contribution in [3.8, 4) is 5.75 Å². The van der Waals surface area contributed by atoms with E-state index in [0.29, 0.717) is 5.75 Å². The molecule has 1 N–H and O–H groups in total. The maximum Gasteiger partial charge on any atom is 0.246 e. The maximum absolute atomic E-state index is 12.4. The predicted octanol–water partition coefficient (Wildman–Crippen LogP) is 1.96. The fourth-order valence-electron chi connectivity index (χ4n) is 1.70. The molecule has 1 aromatic carbocycles. The van der Waals surface area contributed by atoms with Crippen molar-refractivity contribution < 1.29 is 9.53 Å². The lowest BCUT2D eigenvalue weighted by atomic mass is 10.0. The average molecular weight is 250 g/mol. The zero-order chi connectivity index (χ0) is 13.9. The summed E-state index contributed by atoms with van der Waals surface area (Å²) in [6.45, 7) is 5.70. The smallest absolute Gasteiger partial charge is 0.246 e. The van der Waals surface area contributed by atoms with E-state index in [2.05, 4.69) is 5.32 Å². The monoisotopic (exact) mass is 250 g/mol. The van der Waals surface area contributed by atoms with E-state index in [4.69, 9.17) is 4.74 Å². The van der Waals surface area contributed by atoms with Gasteiger partial charge >= 0.3 is 0 Å². The molecule has 0 aliphatic rings. The summed E-state index contributed by atoms with van der Waals surface area (Å²) in [6, 6.07) is 5.78. The molecule has 1 aromatic rings. The van der Waals surface area contributed by atoms with Gasteiger partial charge < -0.3 is 15.0 Å². The Morgan fingerprint density at radius 3 is 2.50 bits per heavy atom. The largest absolute Gasteiger partial charge is 0.495 e. The first-order valence-corrected chi connectivity index (χ1v) is 5.95. The van der Waals surface area contributed by atoms with Gasteiger partial charge in [-0.1, -0.05) is 6.07 Å². The number of hydrogen-bond acceptors (Lipinski definition) is 3. The minimum absolute atomic E-state index is 0.00565. The van der Waals surface area contributed by atoms with Crippen molar-refractivity contribution in [1.29, 1.82) is 0 Å². The van der Waals surface area contributed by atoms with Gasteiger partial charge in [-0.2, -0.15) is 0 Å². The SMILES string of the molecule is CNC(C)(C)C(=O)N(C)c1cc(C)ccc1OC. The van der Waals surface area contributed by atoms with Crippen LogP contribution in [0.15, 0.2) is 18.2 Å². The van der Waals surface area contributed by atoms with E-state index in [1.54, 1.807) is 26.1 Å². The molecule has 18 heavy (non-hydrogen) atoms. The van der Waals surface area contributed by atoms with Crippen LogP contribution in [0.4, 0.5) is 5.69 Å². The summed E-state index contributed by atoms with van der Waals surface area (Å²) in [5.41, 5.74) is 1.27. The van der Waals surface area contributed by atoms with Gasteiger partial charge in [0.15, 0.2) is 0 Å². The van der Waals surface area contributed by atoms with Crippen molar-refractivity contribution in [2.24, 2.45) is 0 Å². The van der Waals surface area contributed by atoms with Crippen molar-refractivity contribution in [3.63, 3.8) is 0 Å². The summed E-state index contributed by atoms with van der Waals surface area (Å²) in [4.78, 5) is 14.0. The zero-order valence-electron chi connectivity index (χ0n) is 12.0. The lowest BCUT2D eigenvalue weighted by Gasteiger charge is -2.30. The van der Waals surface area contributed by atoms with Crippen LogP contribution in [0.25, 0.3) is 0 Å². The molecule has 1 amide bonds. The first-order chi connectivity index (χ1) is 8.33. The third-order valence-corrected chi connectivity index (χ3v) is 3.16. The van der Waals surface area contributed by atoms with Crippen LogP contribution >= 0.6 is 0 Å². The molecule has 0 spiro atoms. The van der Waals surface area contributed by atoms with Crippen LogP contribution in [0.3, 0.4) is 0 Å². The molecule has 4 heteroatoms. The van der Waals surface area contributed by atoms with Crippen molar-refractivity contribution in [3.05, 3.63) is 23.8 Å². The summed E-state index contributed by atoms with van der Waals surface area (Å²) >= 11 is 0. The Balaban J connectivity index is 3.14. The molecule has 0 atom stereocenters. The molecule has 1 rings (SSSR count). The van der Waals surface area contributed by atoms with E-state index in [-0.39, 0.29) is 5.91 Å². The van der Waals surface area contributed by atoms with Gasteiger partial charge in [0, 0.05) is 7.05 Å². The second-order valence-electron chi connectivity index (χ2n) is 4.91. The predicted molar refractivity (Wildman–Crippen MR) is 74.3 cm³/mol. The number of carbonyl (C=O) groups excluding carboxylic acids is 1. The molecule has 0 radical (unpaired) electrons. The van der Waals surface area contributed by atoms with E-state index >= 15 is 0 Å². The van der Waals surface area contributed by atoms with Crippen LogP contribution in [-0.4, -0.2) is 32.7 Å². The maximum atomic E-state index is 12.4. The van der Waals surface area contributed by atoms with Crippen molar-refractivity contribution in [2.75, 3.05) is 26.1 Å². The number of nitrogens with zero attached hydrogens (tertiary/aromatic N) is 1. The van der Waals surface area contributed by atoms with Crippen molar-refractivity contribution in [2.45, 2.75) is 26.3 Å². The highest BCUT2D eigenvalue weighted by molar-refractivity contribution is 6.00. The number of ether oxygens (including phenoxy) is 1. The fourth-order valence-corrected chi connectivity index (χ4v) is 1.70. The van der Waals surface area contributed by atoms with Crippen LogP contribution in [0.2, 0.25) is 0 Å². The topological polar surface area (TPSA) is 41.6 Å². The molecule has 0 fully saturated rings. The van der Waals surface area contributed by atoms with Crippen LogP contribution < -0.4 is 15.0 Å². The van der Waals surface area contributed by atoms with E-state index in [1.807, 2.05) is 39.0 Å². The number of carbonyl (C=O) groups is 1. The second kappa shape index (κ2) is 5.40. The first kappa shape index (κ1) is 14.5. The highest BCUT2D eigenvalue weighted by Crippen LogP contribution is 2.29. The quantitative estimate of drug-likeness (QED) is 0.888. The molecule has 0 heterocycles. The van der Waals surface area contributed by atoms with Gasteiger partial charge in [-0.25, -0.2) is 0 Å². The summed E-state index contributed by atoms with van der Waals surface area (Å²) in [7, 11) is 5.15. The number of likely N-dealkylation sites (N-methyl/N-ethyl adjacent to an activating group) is 2. The second-order valence-corrected chi connectivity index (χ2v) is 4.91. The number of benzene rings is 1. The summed E-state index contributed by atoms with van der Waals surface area (Å²) < 4.78 is 5.30. The Morgan fingerprint density at radius 2 is 2.00 bits per heavy atom. The van der Waals surface area contributed by atoms with Gasteiger partial charge in [0.2, 0.25) is 5.91 Å². The van der Waals surface area contributed by atoms with E-state index in [1.165, 1.54) is 0 Å². The van der Waals surface area contributed by atoms with Gasteiger partial charge in [-0.05, 0) is 45.5 Å². The van der Waals surface area contributed by atoms with Gasteiger partial charge in [0.25, 0.3) is 0 Å². The Labute approximate surface area is 109 Å². The Kier molecular flexibility index (Phi) is 4.35. The van der Waals surface area contributed by atoms with E-state index in [9.17, 15) is 4.79 Å². The molecule has 100 valence electrons. The standard InChI is InChI=1S/C14H22N2O2/c1-10-7-8-12(18-6)11(9-10)16(5)13(17)14(2,3)15-4/h7-9,15H,1-6H3. The van der Waals surface area contributed by atoms with Gasteiger partial charge in [-0.15, -0.1) is 0 Å². The van der Waals surface area contributed by atoms with Crippen LogP contribution in [-0.2, 0) is 4.79 Å². The fraction of sp³-hybridized carbons (Fsp3) is 0.500. The number of rotatable bonds is 4. The molecule has 0 saturated carbocycles. The molecular weight excluding hydrogens is 228 g/mol. The first-order valence-electron chi connectivity index (χ1n) is 5.95. The lowest BCUT2D eigenvalue weighted by molar-refractivity contribution is -0.123. The van der Waals surface area contributed by atoms with Gasteiger partial charge in [-0.3, -0.25) is 4.79 Å². The van der Waals surface area contributed by atoms with Crippen LogP contribution in [0, 0.1) is 6.92 Å². The number of nitrogens with one attached hydrogen (secondary N) is 1. The number of anilines is 1. The minimum Gasteiger partial charge on any atom is -0.495 e. The third-order valence-electron chi connectivity index (χ3n) is 3.16. The lowest BCUT2D eigenvalue weighted by Crippen LogP contribution is -2.51. The number of aryl methyl sites for hydroxylation is 1. The van der Waals surface area contributed by atoms with Crippen LogP contribution in [0.5, 0.6) is 5.75 Å². The van der Waals surface area contributed by atoms with Crippen LogP contribution in [0.1, 0.15) is 19.4 Å². The van der Waals surface area contributed by atoms with E-state index < -0.39 is 5.54 Å². The normalized spacial score (nSPS) is 11.2. The molecule has 0 unspecified atom stereocenters. The number of amides is 1. The zero-order valence-corrected chi connectivity index (χ0v) is 12.0. The third kappa shape index (κ3) is 2.82. The number of hydrogen-bond donors (Lipinski definition) is 1. The molecule has 4 nitrogen and oxygen atoms in total. The van der Waals surface area contributed by atoms with Gasteiger partial charge in [0.1, 0.15) is 5.75 Å².